The predicted octanol–water partition coefficient (Wildman–Crippen LogP) is 5.49. The highest BCUT2D eigenvalue weighted by Gasteiger charge is 2.02. The van der Waals surface area contributed by atoms with E-state index in [0.717, 1.165) is 11.1 Å². The van der Waals surface area contributed by atoms with E-state index in [-0.39, 0.29) is 12.4 Å². The first-order valence-electron chi connectivity index (χ1n) is 7.09. The van der Waals surface area contributed by atoms with Crippen LogP contribution in [0, 0.1) is 0 Å². The topological polar surface area (TPSA) is 37.3 Å². The zero-order chi connectivity index (χ0) is 15.4. The number of halogens is 1. The third kappa shape index (κ3) is 4.47. The van der Waals surface area contributed by atoms with Gasteiger partial charge in [-0.05, 0) is 47.2 Å². The molecule has 0 bridgehead atoms. The number of hydrogen-bond acceptors (Lipinski definition) is 1. The van der Waals surface area contributed by atoms with Crippen LogP contribution in [0.4, 0.5) is 0 Å². The van der Waals surface area contributed by atoms with Crippen LogP contribution in [-0.2, 0) is 0 Å². The van der Waals surface area contributed by atoms with Gasteiger partial charge < -0.3 is 5.11 Å². The van der Waals surface area contributed by atoms with E-state index in [0.29, 0.717) is 11.5 Å². The highest BCUT2D eigenvalue weighted by molar-refractivity contribution is 5.88. The standard InChI is InChI=1S/C19H20O2.ClH/c1-13(2)16-8-10-17(11-9-16)14(3)12-15-4-6-18(7-5-15)19(20)21;/h4-13H,1-3H3,(H,20,21);1H/b14-12+;. The van der Waals surface area contributed by atoms with Crippen LogP contribution in [0.15, 0.2) is 48.5 Å². The first-order valence-corrected chi connectivity index (χ1v) is 7.09. The van der Waals surface area contributed by atoms with Crippen molar-refractivity contribution in [3.05, 3.63) is 70.8 Å². The quantitative estimate of drug-likeness (QED) is 0.757. The van der Waals surface area contributed by atoms with Gasteiger partial charge in [0.15, 0.2) is 0 Å². The van der Waals surface area contributed by atoms with E-state index in [9.17, 15) is 4.79 Å². The normalized spacial score (nSPS) is 11.2. The highest BCUT2D eigenvalue weighted by Crippen LogP contribution is 2.21. The molecule has 2 rings (SSSR count). The molecular weight excluding hydrogens is 296 g/mol. The number of allylic oxidation sites excluding steroid dienone is 1. The van der Waals surface area contributed by atoms with E-state index in [1.807, 2.05) is 12.1 Å². The Morgan fingerprint density at radius 3 is 1.91 bits per heavy atom. The highest BCUT2D eigenvalue weighted by atomic mass is 35.5. The fourth-order valence-electron chi connectivity index (χ4n) is 2.19. The van der Waals surface area contributed by atoms with E-state index < -0.39 is 5.97 Å². The number of rotatable bonds is 4. The number of aromatic carboxylic acids is 1. The van der Waals surface area contributed by atoms with Crippen molar-refractivity contribution in [3.63, 3.8) is 0 Å². The van der Waals surface area contributed by atoms with Crippen LogP contribution in [0.2, 0.25) is 0 Å². The minimum atomic E-state index is -0.897. The van der Waals surface area contributed by atoms with Crippen LogP contribution >= 0.6 is 12.4 Å². The van der Waals surface area contributed by atoms with Gasteiger partial charge in [0.1, 0.15) is 0 Å². The molecule has 116 valence electrons. The minimum Gasteiger partial charge on any atom is -0.478 e. The summed E-state index contributed by atoms with van der Waals surface area (Å²) < 4.78 is 0. The van der Waals surface area contributed by atoms with E-state index in [4.69, 9.17) is 5.11 Å². The monoisotopic (exact) mass is 316 g/mol. The summed E-state index contributed by atoms with van der Waals surface area (Å²) in [5, 5.41) is 8.89. The molecule has 0 aliphatic rings. The van der Waals surface area contributed by atoms with Gasteiger partial charge >= 0.3 is 5.97 Å². The second-order valence-corrected chi connectivity index (χ2v) is 5.53. The van der Waals surface area contributed by atoms with Gasteiger partial charge in [0.05, 0.1) is 5.56 Å². The summed E-state index contributed by atoms with van der Waals surface area (Å²) in [5.74, 6) is -0.363. The fraction of sp³-hybridized carbons (Fsp3) is 0.211. The Kier molecular flexibility index (Phi) is 6.39. The fourth-order valence-corrected chi connectivity index (χ4v) is 2.19. The first kappa shape index (κ1) is 18.0. The molecule has 0 fully saturated rings. The van der Waals surface area contributed by atoms with Crippen molar-refractivity contribution in [2.75, 3.05) is 0 Å². The van der Waals surface area contributed by atoms with E-state index in [1.165, 1.54) is 11.1 Å². The van der Waals surface area contributed by atoms with Gasteiger partial charge in [-0.2, -0.15) is 0 Å². The van der Waals surface area contributed by atoms with Crippen molar-refractivity contribution in [2.45, 2.75) is 26.7 Å². The Morgan fingerprint density at radius 1 is 0.955 bits per heavy atom. The maximum Gasteiger partial charge on any atom is 0.335 e. The van der Waals surface area contributed by atoms with Crippen molar-refractivity contribution in [2.24, 2.45) is 0 Å². The summed E-state index contributed by atoms with van der Waals surface area (Å²) in [4.78, 5) is 10.8. The van der Waals surface area contributed by atoms with E-state index in [2.05, 4.69) is 51.1 Å². The van der Waals surface area contributed by atoms with Gasteiger partial charge in [0.2, 0.25) is 0 Å². The largest absolute Gasteiger partial charge is 0.478 e. The maximum absolute atomic E-state index is 10.8. The molecule has 0 unspecified atom stereocenters. The molecule has 0 spiro atoms. The van der Waals surface area contributed by atoms with Crippen molar-refractivity contribution < 1.29 is 9.90 Å². The van der Waals surface area contributed by atoms with Crippen LogP contribution in [0.25, 0.3) is 11.6 Å². The van der Waals surface area contributed by atoms with Crippen molar-refractivity contribution in [3.8, 4) is 0 Å². The van der Waals surface area contributed by atoms with Crippen LogP contribution < -0.4 is 0 Å². The molecule has 2 nitrogen and oxygen atoms in total. The third-order valence-corrected chi connectivity index (χ3v) is 3.57. The number of carboxylic acid groups (broad SMARTS) is 1. The molecule has 0 heterocycles. The SMILES string of the molecule is C/C(=C\c1ccc(C(=O)O)cc1)c1ccc(C(C)C)cc1.Cl. The van der Waals surface area contributed by atoms with Crippen LogP contribution in [0.1, 0.15) is 53.7 Å². The van der Waals surface area contributed by atoms with Gasteiger partial charge in [-0.15, -0.1) is 12.4 Å². The van der Waals surface area contributed by atoms with Crippen molar-refractivity contribution in [1.82, 2.24) is 0 Å². The average Bonchev–Trinajstić information content (AvgIpc) is 2.47. The molecule has 0 aliphatic heterocycles. The van der Waals surface area contributed by atoms with Gasteiger partial charge in [-0.25, -0.2) is 4.79 Å². The number of benzene rings is 2. The average molecular weight is 317 g/mol. The molecule has 0 radical (unpaired) electrons. The lowest BCUT2D eigenvalue weighted by Crippen LogP contribution is -1.94. The Balaban J connectivity index is 0.00000242. The molecule has 0 aromatic heterocycles. The summed E-state index contributed by atoms with van der Waals surface area (Å²) in [6.45, 7) is 6.43. The van der Waals surface area contributed by atoms with Crippen molar-refractivity contribution >= 4 is 30.0 Å². The molecule has 0 saturated heterocycles. The molecule has 22 heavy (non-hydrogen) atoms. The molecule has 0 amide bonds. The lowest BCUT2D eigenvalue weighted by molar-refractivity contribution is 0.0697. The smallest absolute Gasteiger partial charge is 0.335 e. The summed E-state index contributed by atoms with van der Waals surface area (Å²) in [6, 6.07) is 15.5. The summed E-state index contributed by atoms with van der Waals surface area (Å²) in [5.41, 5.74) is 4.99. The lowest BCUT2D eigenvalue weighted by atomic mass is 9.98. The molecule has 3 heteroatoms. The van der Waals surface area contributed by atoms with Crippen LogP contribution in [0.5, 0.6) is 0 Å². The van der Waals surface area contributed by atoms with Gasteiger partial charge in [-0.1, -0.05) is 56.3 Å². The Labute approximate surface area is 137 Å². The molecule has 0 aliphatic carbocycles. The molecule has 1 N–H and O–H groups in total. The number of carboxylic acids is 1. The zero-order valence-corrected chi connectivity index (χ0v) is 13.9. The minimum absolute atomic E-state index is 0. The Morgan fingerprint density at radius 2 is 1.45 bits per heavy atom. The number of carbonyl (C=O) groups is 1. The Bertz CT molecular complexity index is 653. The van der Waals surface area contributed by atoms with Crippen LogP contribution in [0.3, 0.4) is 0 Å². The summed E-state index contributed by atoms with van der Waals surface area (Å²) in [6.07, 6.45) is 2.07. The van der Waals surface area contributed by atoms with Gasteiger partial charge in [0, 0.05) is 0 Å². The maximum atomic E-state index is 10.8. The molecule has 0 atom stereocenters. The Hall–Kier alpha value is -2.06. The summed E-state index contributed by atoms with van der Waals surface area (Å²) >= 11 is 0. The second-order valence-electron chi connectivity index (χ2n) is 5.53. The summed E-state index contributed by atoms with van der Waals surface area (Å²) in [7, 11) is 0. The van der Waals surface area contributed by atoms with Gasteiger partial charge in [-0.3, -0.25) is 0 Å². The lowest BCUT2D eigenvalue weighted by Gasteiger charge is -2.07. The van der Waals surface area contributed by atoms with E-state index in [1.54, 1.807) is 12.1 Å². The van der Waals surface area contributed by atoms with Gasteiger partial charge in [0.25, 0.3) is 0 Å². The first-order chi connectivity index (χ1) is 9.97. The predicted molar refractivity (Wildman–Crippen MR) is 94.7 cm³/mol. The van der Waals surface area contributed by atoms with Crippen molar-refractivity contribution in [1.29, 1.82) is 0 Å². The van der Waals surface area contributed by atoms with Crippen LogP contribution in [-0.4, -0.2) is 11.1 Å². The van der Waals surface area contributed by atoms with E-state index >= 15 is 0 Å². The second kappa shape index (κ2) is 7.81. The number of hydrogen-bond donors (Lipinski definition) is 1. The molecule has 2 aromatic rings. The molecular formula is C19H21ClO2. The molecule has 2 aromatic carbocycles. The zero-order valence-electron chi connectivity index (χ0n) is 13.0. The molecule has 0 saturated carbocycles. The third-order valence-electron chi connectivity index (χ3n) is 3.57.